The number of ether oxygens (including phenoxy) is 2. The van der Waals surface area contributed by atoms with Crippen molar-refractivity contribution in [3.63, 3.8) is 0 Å². The average Bonchev–Trinajstić information content (AvgIpc) is 2.45. The highest BCUT2D eigenvalue weighted by Gasteiger charge is 2.16. The van der Waals surface area contributed by atoms with Crippen LogP contribution in [0.3, 0.4) is 0 Å². The first-order valence-corrected chi connectivity index (χ1v) is 6.65. The van der Waals surface area contributed by atoms with Crippen LogP contribution < -0.4 is 14.8 Å². The van der Waals surface area contributed by atoms with Crippen molar-refractivity contribution in [3.8, 4) is 11.5 Å². The van der Waals surface area contributed by atoms with E-state index in [1.54, 1.807) is 32.4 Å². The van der Waals surface area contributed by atoms with Gasteiger partial charge in [0.05, 0.1) is 14.2 Å². The molecule has 1 aromatic carbocycles. The van der Waals surface area contributed by atoms with Gasteiger partial charge >= 0.3 is 0 Å². The summed E-state index contributed by atoms with van der Waals surface area (Å²) in [4.78, 5) is 12.1. The number of hydrogen-bond donors (Lipinski definition) is 1. The molecule has 19 heavy (non-hydrogen) atoms. The lowest BCUT2D eigenvalue weighted by Gasteiger charge is -2.19. The van der Waals surface area contributed by atoms with E-state index in [0.29, 0.717) is 22.9 Å². The van der Waals surface area contributed by atoms with E-state index in [4.69, 9.17) is 21.1 Å². The fourth-order valence-electron chi connectivity index (χ4n) is 1.50. The molecule has 0 saturated heterocycles. The molecule has 0 spiro atoms. The first kappa shape index (κ1) is 15.6. The summed E-state index contributed by atoms with van der Waals surface area (Å²) in [5.41, 5.74) is 0.504. The molecule has 4 nitrogen and oxygen atoms in total. The number of halogens is 1. The van der Waals surface area contributed by atoms with Crippen molar-refractivity contribution < 1.29 is 14.3 Å². The minimum atomic E-state index is -0.165. The fourth-order valence-corrected chi connectivity index (χ4v) is 1.77. The van der Waals surface area contributed by atoms with Gasteiger partial charge < -0.3 is 14.8 Å². The van der Waals surface area contributed by atoms with Crippen LogP contribution in [0, 0.1) is 5.92 Å². The number of carbonyl (C=O) groups is 1. The molecule has 1 rings (SSSR count). The number of nitrogens with one attached hydrogen (secondary N) is 1. The first-order chi connectivity index (χ1) is 9.01. The van der Waals surface area contributed by atoms with Gasteiger partial charge in [-0.1, -0.05) is 6.92 Å². The molecule has 0 aliphatic carbocycles. The van der Waals surface area contributed by atoms with Gasteiger partial charge in [-0.15, -0.1) is 11.6 Å². The van der Waals surface area contributed by atoms with Crippen LogP contribution in [0.4, 0.5) is 0 Å². The maximum Gasteiger partial charge on any atom is 0.251 e. The van der Waals surface area contributed by atoms with Crippen LogP contribution in [-0.2, 0) is 0 Å². The van der Waals surface area contributed by atoms with Gasteiger partial charge in [-0.25, -0.2) is 0 Å². The quantitative estimate of drug-likeness (QED) is 0.818. The molecule has 1 N–H and O–H groups in total. The molecule has 0 fully saturated rings. The van der Waals surface area contributed by atoms with E-state index >= 15 is 0 Å². The second-order valence-electron chi connectivity index (χ2n) is 4.50. The van der Waals surface area contributed by atoms with Crippen molar-refractivity contribution in [2.45, 2.75) is 19.9 Å². The lowest BCUT2D eigenvalue weighted by Crippen LogP contribution is -2.37. The van der Waals surface area contributed by atoms with Gasteiger partial charge in [0.25, 0.3) is 5.91 Å². The Hall–Kier alpha value is -1.42. The molecule has 0 heterocycles. The second kappa shape index (κ2) is 7.24. The number of methoxy groups -OCH3 is 2. The lowest BCUT2D eigenvalue weighted by atomic mass is 10.1. The number of alkyl halides is 1. The second-order valence-corrected chi connectivity index (χ2v) is 4.80. The van der Waals surface area contributed by atoms with E-state index in [-0.39, 0.29) is 17.9 Å². The largest absolute Gasteiger partial charge is 0.497 e. The van der Waals surface area contributed by atoms with Gasteiger partial charge in [-0.2, -0.15) is 0 Å². The zero-order valence-corrected chi connectivity index (χ0v) is 12.5. The summed E-state index contributed by atoms with van der Waals surface area (Å²) in [6, 6.07) is 5.08. The zero-order chi connectivity index (χ0) is 14.4. The minimum Gasteiger partial charge on any atom is -0.497 e. The van der Waals surface area contributed by atoms with E-state index in [9.17, 15) is 4.79 Å². The zero-order valence-electron chi connectivity index (χ0n) is 11.7. The van der Waals surface area contributed by atoms with E-state index < -0.39 is 0 Å². The summed E-state index contributed by atoms with van der Waals surface area (Å²) in [6.45, 7) is 3.92. The van der Waals surface area contributed by atoms with Crippen LogP contribution in [0.5, 0.6) is 11.5 Å². The van der Waals surface area contributed by atoms with Gasteiger partial charge in [0.1, 0.15) is 11.5 Å². The normalized spacial score (nSPS) is 13.5. The maximum atomic E-state index is 12.1. The van der Waals surface area contributed by atoms with Gasteiger partial charge in [0.2, 0.25) is 0 Å². The minimum absolute atomic E-state index is 0.00203. The monoisotopic (exact) mass is 285 g/mol. The van der Waals surface area contributed by atoms with Gasteiger partial charge in [-0.05, 0) is 25.0 Å². The van der Waals surface area contributed by atoms with Crippen LogP contribution in [0.25, 0.3) is 0 Å². The molecule has 0 bridgehead atoms. The maximum absolute atomic E-state index is 12.1. The molecule has 2 atom stereocenters. The summed E-state index contributed by atoms with van der Waals surface area (Å²) < 4.78 is 10.3. The smallest absolute Gasteiger partial charge is 0.251 e. The summed E-state index contributed by atoms with van der Waals surface area (Å²) in [6.07, 6.45) is 0. The average molecular weight is 286 g/mol. The standard InChI is InChI=1S/C14H20ClNO3/c1-9(8-15)10(2)16-14(17)11-5-12(18-3)7-13(6-11)19-4/h5-7,9-10H,8H2,1-4H3,(H,16,17). The molecule has 0 aliphatic rings. The van der Waals surface area contributed by atoms with Crippen LogP contribution in [-0.4, -0.2) is 32.0 Å². The van der Waals surface area contributed by atoms with E-state index in [1.165, 1.54) is 0 Å². The molecule has 1 aromatic rings. The third kappa shape index (κ3) is 4.31. The van der Waals surface area contributed by atoms with E-state index in [1.807, 2.05) is 13.8 Å². The van der Waals surface area contributed by atoms with Crippen molar-refractivity contribution in [2.24, 2.45) is 5.92 Å². The highest BCUT2D eigenvalue weighted by Crippen LogP contribution is 2.22. The molecule has 0 saturated carbocycles. The molecule has 2 unspecified atom stereocenters. The topological polar surface area (TPSA) is 47.6 Å². The highest BCUT2D eigenvalue weighted by atomic mass is 35.5. The van der Waals surface area contributed by atoms with Crippen molar-refractivity contribution in [1.82, 2.24) is 5.32 Å². The fraction of sp³-hybridized carbons (Fsp3) is 0.500. The van der Waals surface area contributed by atoms with Crippen molar-refractivity contribution in [1.29, 1.82) is 0 Å². The Morgan fingerprint density at radius 3 is 2.16 bits per heavy atom. The van der Waals surface area contributed by atoms with Gasteiger partial charge in [0, 0.05) is 23.6 Å². The Morgan fingerprint density at radius 1 is 1.21 bits per heavy atom. The molecule has 0 aromatic heterocycles. The number of rotatable bonds is 6. The molecule has 1 amide bonds. The lowest BCUT2D eigenvalue weighted by molar-refractivity contribution is 0.0930. The number of amides is 1. The Labute approximate surface area is 119 Å². The molecule has 5 heteroatoms. The van der Waals surface area contributed by atoms with Crippen LogP contribution in [0.1, 0.15) is 24.2 Å². The van der Waals surface area contributed by atoms with Crippen LogP contribution in [0.15, 0.2) is 18.2 Å². The van der Waals surface area contributed by atoms with E-state index in [2.05, 4.69) is 5.32 Å². The van der Waals surface area contributed by atoms with Crippen molar-refractivity contribution >= 4 is 17.5 Å². The van der Waals surface area contributed by atoms with Gasteiger partial charge in [-0.3, -0.25) is 4.79 Å². The number of hydrogen-bond acceptors (Lipinski definition) is 3. The summed E-state index contributed by atoms with van der Waals surface area (Å²) in [5.74, 6) is 1.72. The third-order valence-corrected chi connectivity index (χ3v) is 3.56. The van der Waals surface area contributed by atoms with E-state index in [0.717, 1.165) is 0 Å². The summed E-state index contributed by atoms with van der Waals surface area (Å²) in [7, 11) is 3.10. The summed E-state index contributed by atoms with van der Waals surface area (Å²) >= 11 is 5.78. The summed E-state index contributed by atoms with van der Waals surface area (Å²) in [5, 5.41) is 2.91. The SMILES string of the molecule is COc1cc(OC)cc(C(=O)NC(C)C(C)CCl)c1. The Morgan fingerprint density at radius 2 is 1.74 bits per heavy atom. The number of carbonyl (C=O) groups excluding carboxylic acids is 1. The van der Waals surface area contributed by atoms with Crippen molar-refractivity contribution in [3.05, 3.63) is 23.8 Å². The molecule has 0 aliphatic heterocycles. The predicted molar refractivity (Wildman–Crippen MR) is 76.4 cm³/mol. The Kier molecular flexibility index (Phi) is 5.96. The third-order valence-electron chi connectivity index (χ3n) is 3.07. The predicted octanol–water partition coefficient (Wildman–Crippen LogP) is 2.70. The molecular weight excluding hydrogens is 266 g/mol. The Bertz CT molecular complexity index is 414. The molecular formula is C14H20ClNO3. The molecule has 106 valence electrons. The van der Waals surface area contributed by atoms with Crippen molar-refractivity contribution in [2.75, 3.05) is 20.1 Å². The van der Waals surface area contributed by atoms with Crippen LogP contribution in [0.2, 0.25) is 0 Å². The highest BCUT2D eigenvalue weighted by molar-refractivity contribution is 6.18. The van der Waals surface area contributed by atoms with Crippen LogP contribution >= 0.6 is 11.6 Å². The number of benzene rings is 1. The first-order valence-electron chi connectivity index (χ1n) is 6.11. The molecule has 0 radical (unpaired) electrons. The van der Waals surface area contributed by atoms with Gasteiger partial charge in [0.15, 0.2) is 0 Å². The Balaban J connectivity index is 2.87.